The molecule has 0 bridgehead atoms. The molecule has 0 aromatic heterocycles. The van der Waals surface area contributed by atoms with E-state index in [4.69, 9.17) is 0 Å². The Hall–Kier alpha value is -0.610. The fourth-order valence-corrected chi connectivity index (χ4v) is 2.90. The molecule has 2 atom stereocenters. The maximum atomic E-state index is 12.3. The molecule has 2 N–H and O–H groups in total. The molecular weight excluding hydrogens is 262 g/mol. The Morgan fingerprint density at radius 3 is 2.67 bits per heavy atom. The van der Waals surface area contributed by atoms with Gasteiger partial charge in [0.1, 0.15) is 0 Å². The zero-order chi connectivity index (χ0) is 15.5. The first-order valence-corrected chi connectivity index (χ1v) is 8.94. The SMILES string of the molecule is CCCCCNC(=O)C(C)N(CCCC)CC1CCCN1. The fraction of sp³-hybridized carbons (Fsp3) is 0.941. The van der Waals surface area contributed by atoms with Crippen molar-refractivity contribution < 1.29 is 4.79 Å². The van der Waals surface area contributed by atoms with Gasteiger partial charge in [-0.25, -0.2) is 0 Å². The first-order chi connectivity index (χ1) is 10.2. The van der Waals surface area contributed by atoms with E-state index < -0.39 is 0 Å². The Morgan fingerprint density at radius 2 is 2.05 bits per heavy atom. The van der Waals surface area contributed by atoms with E-state index in [0.717, 1.165) is 32.6 Å². The highest BCUT2D eigenvalue weighted by Gasteiger charge is 2.24. The van der Waals surface area contributed by atoms with Gasteiger partial charge in [-0.1, -0.05) is 33.1 Å². The molecular formula is C17H35N3O. The first kappa shape index (κ1) is 18.4. The summed E-state index contributed by atoms with van der Waals surface area (Å²) in [6, 6.07) is 0.553. The van der Waals surface area contributed by atoms with E-state index in [-0.39, 0.29) is 11.9 Å². The molecule has 1 saturated heterocycles. The highest BCUT2D eigenvalue weighted by molar-refractivity contribution is 5.81. The van der Waals surface area contributed by atoms with Crippen LogP contribution in [0.25, 0.3) is 0 Å². The maximum Gasteiger partial charge on any atom is 0.237 e. The molecule has 1 fully saturated rings. The van der Waals surface area contributed by atoms with Crippen LogP contribution in [-0.4, -0.2) is 49.1 Å². The lowest BCUT2D eigenvalue weighted by atomic mass is 10.1. The molecule has 0 spiro atoms. The van der Waals surface area contributed by atoms with Crippen molar-refractivity contribution in [3.05, 3.63) is 0 Å². The minimum absolute atomic E-state index is 0.0134. The van der Waals surface area contributed by atoms with Crippen LogP contribution in [0.5, 0.6) is 0 Å². The Labute approximate surface area is 131 Å². The quantitative estimate of drug-likeness (QED) is 0.576. The molecule has 0 aliphatic carbocycles. The second kappa shape index (κ2) is 11.0. The van der Waals surface area contributed by atoms with Crippen LogP contribution in [0.2, 0.25) is 0 Å². The summed E-state index contributed by atoms with van der Waals surface area (Å²) in [6.07, 6.45) is 8.34. The number of nitrogens with zero attached hydrogens (tertiary/aromatic N) is 1. The lowest BCUT2D eigenvalue weighted by Gasteiger charge is -2.30. The van der Waals surface area contributed by atoms with Gasteiger partial charge in [0, 0.05) is 19.1 Å². The van der Waals surface area contributed by atoms with Gasteiger partial charge in [-0.2, -0.15) is 0 Å². The van der Waals surface area contributed by atoms with Crippen LogP contribution in [0, 0.1) is 0 Å². The van der Waals surface area contributed by atoms with Crippen molar-refractivity contribution in [3.8, 4) is 0 Å². The summed E-state index contributed by atoms with van der Waals surface area (Å²) in [4.78, 5) is 14.7. The van der Waals surface area contributed by atoms with Crippen LogP contribution in [-0.2, 0) is 4.79 Å². The Morgan fingerprint density at radius 1 is 1.29 bits per heavy atom. The first-order valence-electron chi connectivity index (χ1n) is 8.94. The van der Waals surface area contributed by atoms with Gasteiger partial charge in [-0.15, -0.1) is 0 Å². The largest absolute Gasteiger partial charge is 0.355 e. The molecule has 2 unspecified atom stereocenters. The third-order valence-electron chi connectivity index (χ3n) is 4.42. The Bertz CT molecular complexity index is 277. The van der Waals surface area contributed by atoms with Crippen molar-refractivity contribution >= 4 is 5.91 Å². The molecule has 124 valence electrons. The van der Waals surface area contributed by atoms with Gasteiger partial charge in [0.15, 0.2) is 0 Å². The molecule has 1 rings (SSSR count). The third-order valence-corrected chi connectivity index (χ3v) is 4.42. The minimum Gasteiger partial charge on any atom is -0.355 e. The molecule has 4 nitrogen and oxygen atoms in total. The lowest BCUT2D eigenvalue weighted by Crippen LogP contribution is -2.49. The maximum absolute atomic E-state index is 12.3. The van der Waals surface area contributed by atoms with Crippen molar-refractivity contribution in [2.75, 3.05) is 26.2 Å². The van der Waals surface area contributed by atoms with Gasteiger partial charge in [-0.3, -0.25) is 9.69 Å². The predicted molar refractivity (Wildman–Crippen MR) is 89.5 cm³/mol. The normalized spacial score (nSPS) is 19.9. The van der Waals surface area contributed by atoms with Crippen LogP contribution >= 0.6 is 0 Å². The number of rotatable bonds is 11. The summed E-state index contributed by atoms with van der Waals surface area (Å²) in [5.41, 5.74) is 0. The smallest absolute Gasteiger partial charge is 0.237 e. The van der Waals surface area contributed by atoms with Crippen LogP contribution in [0.15, 0.2) is 0 Å². The molecule has 1 aliphatic heterocycles. The lowest BCUT2D eigenvalue weighted by molar-refractivity contribution is -0.126. The minimum atomic E-state index is -0.0134. The number of amides is 1. The average molecular weight is 297 g/mol. The zero-order valence-corrected chi connectivity index (χ0v) is 14.3. The molecule has 0 radical (unpaired) electrons. The van der Waals surface area contributed by atoms with Crippen molar-refractivity contribution in [1.29, 1.82) is 0 Å². The Balaban J connectivity index is 2.40. The molecule has 0 aromatic carbocycles. The van der Waals surface area contributed by atoms with E-state index in [1.165, 1.54) is 38.5 Å². The molecule has 21 heavy (non-hydrogen) atoms. The fourth-order valence-electron chi connectivity index (χ4n) is 2.90. The van der Waals surface area contributed by atoms with Crippen LogP contribution in [0.4, 0.5) is 0 Å². The summed E-state index contributed by atoms with van der Waals surface area (Å²) >= 11 is 0. The van der Waals surface area contributed by atoms with Gasteiger partial charge in [0.25, 0.3) is 0 Å². The van der Waals surface area contributed by atoms with E-state index >= 15 is 0 Å². The number of hydrogen-bond donors (Lipinski definition) is 2. The van der Waals surface area contributed by atoms with Gasteiger partial charge < -0.3 is 10.6 Å². The summed E-state index contributed by atoms with van der Waals surface area (Å²) in [5, 5.41) is 6.64. The third kappa shape index (κ3) is 7.28. The zero-order valence-electron chi connectivity index (χ0n) is 14.3. The van der Waals surface area contributed by atoms with Crippen LogP contribution < -0.4 is 10.6 Å². The predicted octanol–water partition coefficient (Wildman–Crippen LogP) is 2.54. The standard InChI is InChI=1S/C17H35N3O/c1-4-6-8-11-19-17(21)15(3)20(13-7-5-2)14-16-10-9-12-18-16/h15-16,18H,4-14H2,1-3H3,(H,19,21). The van der Waals surface area contributed by atoms with E-state index in [2.05, 4.69) is 36.3 Å². The van der Waals surface area contributed by atoms with Gasteiger partial charge in [0.2, 0.25) is 5.91 Å². The van der Waals surface area contributed by atoms with Crippen LogP contribution in [0.1, 0.15) is 65.7 Å². The van der Waals surface area contributed by atoms with Crippen molar-refractivity contribution in [1.82, 2.24) is 15.5 Å². The highest BCUT2D eigenvalue weighted by Crippen LogP contribution is 2.11. The molecule has 1 heterocycles. The number of carbonyl (C=O) groups is 1. The monoisotopic (exact) mass is 297 g/mol. The highest BCUT2D eigenvalue weighted by atomic mass is 16.2. The summed E-state index contributed by atoms with van der Waals surface area (Å²) in [6.45, 7) is 10.4. The van der Waals surface area contributed by atoms with Crippen LogP contribution in [0.3, 0.4) is 0 Å². The van der Waals surface area contributed by atoms with E-state index in [0.29, 0.717) is 6.04 Å². The summed E-state index contributed by atoms with van der Waals surface area (Å²) in [5.74, 6) is 0.195. The number of carbonyl (C=O) groups excluding carboxylic acids is 1. The van der Waals surface area contributed by atoms with Gasteiger partial charge in [0.05, 0.1) is 6.04 Å². The second-order valence-electron chi connectivity index (χ2n) is 6.32. The molecule has 4 heteroatoms. The Kier molecular flexibility index (Phi) is 9.68. The van der Waals surface area contributed by atoms with Gasteiger partial charge >= 0.3 is 0 Å². The van der Waals surface area contributed by atoms with E-state index in [9.17, 15) is 4.79 Å². The number of nitrogens with one attached hydrogen (secondary N) is 2. The van der Waals surface area contributed by atoms with E-state index in [1.807, 2.05) is 0 Å². The second-order valence-corrected chi connectivity index (χ2v) is 6.32. The van der Waals surface area contributed by atoms with E-state index in [1.54, 1.807) is 0 Å². The summed E-state index contributed by atoms with van der Waals surface area (Å²) < 4.78 is 0. The van der Waals surface area contributed by atoms with Crippen molar-refractivity contribution in [2.45, 2.75) is 77.8 Å². The van der Waals surface area contributed by atoms with Gasteiger partial charge in [-0.05, 0) is 45.7 Å². The van der Waals surface area contributed by atoms with Crippen molar-refractivity contribution in [2.24, 2.45) is 0 Å². The molecule has 0 saturated carbocycles. The molecule has 1 aliphatic rings. The topological polar surface area (TPSA) is 44.4 Å². The molecule has 1 amide bonds. The summed E-state index contributed by atoms with van der Waals surface area (Å²) in [7, 11) is 0. The number of hydrogen-bond acceptors (Lipinski definition) is 3. The molecule has 0 aromatic rings. The number of unbranched alkanes of at least 4 members (excludes halogenated alkanes) is 3. The average Bonchev–Trinajstić information content (AvgIpc) is 3.00. The van der Waals surface area contributed by atoms with Crippen molar-refractivity contribution in [3.63, 3.8) is 0 Å².